The highest BCUT2D eigenvalue weighted by Crippen LogP contribution is 2.21. The van der Waals surface area contributed by atoms with E-state index in [0.717, 1.165) is 27.7 Å². The van der Waals surface area contributed by atoms with Crippen molar-refractivity contribution in [2.45, 2.75) is 177 Å². The van der Waals surface area contributed by atoms with Crippen LogP contribution in [0.4, 0.5) is 5.69 Å². The summed E-state index contributed by atoms with van der Waals surface area (Å²) in [6.45, 7) is 0.367. The van der Waals surface area contributed by atoms with Crippen molar-refractivity contribution in [1.29, 1.82) is 0 Å². The Morgan fingerprint density at radius 3 is 1.72 bits per heavy atom. The number of carboxylic acid groups (broad SMARTS) is 1. The van der Waals surface area contributed by atoms with Crippen molar-refractivity contribution in [3.63, 3.8) is 0 Å². The predicted molar refractivity (Wildman–Crippen MR) is 393 cm³/mol. The highest BCUT2D eigenvalue weighted by atomic mass is 128. The number of carboxylic acids is 1. The highest BCUT2D eigenvalue weighted by molar-refractivity contribution is 15.0. The summed E-state index contributed by atoms with van der Waals surface area (Å²) >= 11 is 4.24. The number of nitrogens with one attached hydrogen (secondary N) is 14. The number of H-pyrrole nitrogens is 1. The fourth-order valence-electron chi connectivity index (χ4n) is 10.7. The topological polar surface area (TPSA) is 712 Å². The van der Waals surface area contributed by atoms with Gasteiger partial charge in [0.2, 0.25) is 82.7 Å². The molecule has 1 aliphatic heterocycles. The number of nitrogen functional groups attached to an aromatic ring is 1. The number of aromatic amines is 1. The number of aromatic nitrogens is 1. The van der Waals surface area contributed by atoms with Gasteiger partial charge in [-0.25, -0.2) is 4.79 Å². The lowest BCUT2D eigenvalue weighted by molar-refractivity contribution is -0.156. The van der Waals surface area contributed by atoms with Crippen LogP contribution in [0.5, 0.6) is 0 Å². The number of esters is 1. The Kier molecular flexibility index (Phi) is 39.8. The van der Waals surface area contributed by atoms with Crippen LogP contribution in [0, 0.1) is 5.92 Å². The Bertz CT molecular complexity index is 3740. The maximum Gasteiger partial charge on any atom is 0.329 e. The minimum atomic E-state index is -2.42. The van der Waals surface area contributed by atoms with Crippen LogP contribution in [0.1, 0.15) is 95.0 Å². The van der Waals surface area contributed by atoms with Crippen LogP contribution in [0.3, 0.4) is 0 Å². The Hall–Kier alpha value is -9.89. The van der Waals surface area contributed by atoms with Gasteiger partial charge in [0.1, 0.15) is 72.6 Å². The van der Waals surface area contributed by atoms with Crippen LogP contribution in [0.25, 0.3) is 10.9 Å². The van der Waals surface area contributed by atoms with Crippen LogP contribution < -0.4 is 86.3 Å². The Morgan fingerprint density at radius 2 is 1.15 bits per heavy atom. The molecule has 1 aliphatic rings. The van der Waals surface area contributed by atoms with Crippen molar-refractivity contribution < 1.29 is 127 Å². The normalized spacial score (nSPS) is 21.8. The summed E-state index contributed by atoms with van der Waals surface area (Å²) < 4.78 is 5.66. The van der Waals surface area contributed by atoms with Crippen molar-refractivity contribution >= 4 is 154 Å². The average Bonchev–Trinajstić information content (AvgIpc) is 1.80. The summed E-state index contributed by atoms with van der Waals surface area (Å²) in [5.74, 6) is -24.3. The van der Waals surface area contributed by atoms with Gasteiger partial charge < -0.3 is 137 Å². The summed E-state index contributed by atoms with van der Waals surface area (Å²) in [6.07, 6.45) is -14.5. The van der Waals surface area contributed by atoms with E-state index in [1.807, 2.05) is 10.6 Å². The summed E-state index contributed by atoms with van der Waals surface area (Å²) in [5, 5.41) is 109. The summed E-state index contributed by atoms with van der Waals surface area (Å²) in [5.41, 5.74) is 18.0. The molecule has 45 heteroatoms. The summed E-state index contributed by atoms with van der Waals surface area (Å²) in [7, 11) is 0. The maximum atomic E-state index is 14.8. The van der Waals surface area contributed by atoms with Crippen molar-refractivity contribution in [2.24, 2.45) is 17.4 Å². The maximum absolute atomic E-state index is 14.8. The summed E-state index contributed by atoms with van der Waals surface area (Å²) in [4.78, 5) is 237. The van der Waals surface area contributed by atoms with E-state index in [9.17, 15) is 122 Å². The number of anilines is 1. The number of carbonyl (C=O) groups is 17. The number of aliphatic hydroxyl groups excluding tert-OH is 4. The van der Waals surface area contributed by atoms with E-state index >= 15 is 0 Å². The van der Waals surface area contributed by atoms with Crippen molar-refractivity contribution in [1.82, 2.24) is 74.1 Å². The number of carbonyl (C=O) groups excluding carboxylic acids is 16. The number of aliphatic carboxylic acids is 1. The fourth-order valence-corrected chi connectivity index (χ4v) is 10.7. The van der Waals surface area contributed by atoms with E-state index in [2.05, 4.69) is 101 Å². The minimum absolute atomic E-state index is 0.0670. The molecule has 0 aliphatic carbocycles. The molecule has 0 spiro atoms. The smallest absolute Gasteiger partial charge is 0.329 e. The third-order valence-electron chi connectivity index (χ3n) is 16.1. The van der Waals surface area contributed by atoms with Crippen LogP contribution in [0.2, 0.25) is 0 Å². The molecular weight excluding hydrogens is 1680 g/mol. The van der Waals surface area contributed by atoms with Gasteiger partial charge >= 0.3 is 11.9 Å². The molecule has 3 aromatic rings. The molecular formula is C64H91I2N17O26. The molecule has 13 unspecified atom stereocenters. The van der Waals surface area contributed by atoms with E-state index in [1.165, 1.54) is 24.3 Å². The Balaban J connectivity index is 0.0000153. The number of cyclic esters (lactones) is 1. The number of aliphatic hydroxyl groups is 7. The molecule has 0 radical (unpaired) electrons. The number of Topliss-reactive ketones (excluding diaryl/α,β-unsaturated/α-hetero) is 1. The van der Waals surface area contributed by atoms with Gasteiger partial charge in [0.15, 0.2) is 24.7 Å². The van der Waals surface area contributed by atoms with Crippen LogP contribution in [-0.2, 0) is 87.9 Å². The van der Waals surface area contributed by atoms with Crippen LogP contribution in [0.15, 0.2) is 54.7 Å². The molecule has 2 heterocycles. The van der Waals surface area contributed by atoms with Gasteiger partial charge in [0, 0.05) is 105 Å². The SMILES string of the molecule is CC(=O)NC(Cc1c[nH]c2ccccc12)C(=O)NC(CC(N)=O)C(=O)NC(CC(=O)O)C(=O)NC1C(=O)NCC(=O)NC(CCCN)C(=O)NC(CC(O)O)C(=O)NC(C)C(=O)NC(CC(O)O)C(=O)NCC(=O)NC(CO)C(=O)NC(C(C)CC(O)O)C(=O)NC(CC(=O)c2ccccc2N)C(=O)OC1C.II. The van der Waals surface area contributed by atoms with Crippen LogP contribution in [-0.4, -0.2) is 264 Å². The van der Waals surface area contributed by atoms with E-state index in [4.69, 9.17) is 21.9 Å². The molecule has 1 aromatic heterocycles. The molecule has 4 rings (SSSR count). The number of para-hydroxylation sites is 2. The van der Waals surface area contributed by atoms with E-state index in [0.29, 0.717) is 16.5 Å². The van der Waals surface area contributed by atoms with Gasteiger partial charge in [-0.3, -0.25) is 76.7 Å². The molecule has 0 saturated carbocycles. The lowest BCUT2D eigenvalue weighted by atomic mass is 9.95. The van der Waals surface area contributed by atoms with Gasteiger partial charge in [-0.1, -0.05) is 37.3 Å². The molecule has 43 nitrogen and oxygen atoms in total. The lowest BCUT2D eigenvalue weighted by Crippen LogP contribution is -2.62. The molecule has 602 valence electrons. The third kappa shape index (κ3) is 31.7. The van der Waals surface area contributed by atoms with E-state index in [-0.39, 0.29) is 37.1 Å². The number of primary amides is 1. The van der Waals surface area contributed by atoms with E-state index in [1.54, 1.807) is 30.5 Å². The van der Waals surface area contributed by atoms with E-state index < -0.39 is 256 Å². The molecule has 28 N–H and O–H groups in total. The monoisotopic (exact) mass is 1770 g/mol. The van der Waals surface area contributed by atoms with Gasteiger partial charge in [-0.2, -0.15) is 0 Å². The third-order valence-corrected chi connectivity index (χ3v) is 16.1. The largest absolute Gasteiger partial charge is 0.481 e. The molecule has 1 saturated heterocycles. The van der Waals surface area contributed by atoms with Crippen molar-refractivity contribution in [2.75, 3.05) is 32.0 Å². The Labute approximate surface area is 644 Å². The number of fused-ring (bicyclic) bond motifs is 1. The number of hydrogen-bond donors (Lipinski definition) is 25. The van der Waals surface area contributed by atoms with Crippen molar-refractivity contribution in [3.8, 4) is 0 Å². The average molecular weight is 1770 g/mol. The first-order valence-corrected chi connectivity index (χ1v) is 39.6. The number of halogens is 2. The zero-order chi connectivity index (χ0) is 82.1. The highest BCUT2D eigenvalue weighted by Gasteiger charge is 2.41. The first kappa shape index (κ1) is 93.3. The van der Waals surface area contributed by atoms with Crippen molar-refractivity contribution in [3.05, 3.63) is 65.9 Å². The number of nitrogens with two attached hydrogens (primary N) is 3. The zero-order valence-electron chi connectivity index (χ0n) is 59.0. The fraction of sp³-hybridized carbons (Fsp3) is 0.516. The molecule has 13 atom stereocenters. The quantitative estimate of drug-likeness (QED) is 0.0111. The van der Waals surface area contributed by atoms with Crippen LogP contribution >= 0.6 is 37.2 Å². The predicted octanol–water partition coefficient (Wildman–Crippen LogP) is -9.29. The Morgan fingerprint density at radius 1 is 0.615 bits per heavy atom. The number of ether oxygens (including phenoxy) is 1. The standard InChI is InChI=1S/C64H91N17O26.I2/c1-27(16-48(88)89)52-63(105)79-42(18-44(84)33-11-5-7-12-34(33)66)64(106)107-29(3)53(81-60(102)41(22-51(94)95)78-59(101)38(19-45(67)85)76-58(100)37(72-30(4)83)17-31-23-68-35-13-8-6-10-32(31)35)62(104)70-25-46(86)73-36(14-9-15-65)56(98)77-40(21-50(92)93)57(99)71-28(2)54(96)75-39(20-49(90)91)55(97)69-24-47(87)74-43(26-82)61(103)80-52;1-2/h5-8,10-13,23,27-29,36-43,48-50,52-53,68,82,88-93H,9,14-22,24-26,65-66H2,1-4H3,(H2,67,85)(H,69,97)(H,70,104)(H,71,99)(H,72,83)(H,73,86)(H,74,87)(H,75,96)(H,76,100)(H,77,98)(H,78,101)(H,79,105)(H,80,103)(H,81,102)(H,94,95);. The first-order chi connectivity index (χ1) is 51.3. The van der Waals surface area contributed by atoms with Gasteiger partial charge in [0.05, 0.1) is 32.5 Å². The van der Waals surface area contributed by atoms with Gasteiger partial charge in [-0.15, -0.1) is 0 Å². The second-order valence-electron chi connectivity index (χ2n) is 24.9. The lowest BCUT2D eigenvalue weighted by Gasteiger charge is -2.30. The number of hydrogen-bond acceptors (Lipinski definition) is 27. The number of ketones is 1. The van der Waals surface area contributed by atoms with Gasteiger partial charge in [-0.05, 0) is 62.9 Å². The molecule has 14 amide bonds. The second-order valence-corrected chi connectivity index (χ2v) is 24.9. The minimum Gasteiger partial charge on any atom is -0.481 e. The molecule has 1 fully saturated rings. The zero-order valence-corrected chi connectivity index (χ0v) is 63.4. The molecule has 109 heavy (non-hydrogen) atoms. The number of rotatable bonds is 27. The second kappa shape index (κ2) is 46.5. The first-order valence-electron chi connectivity index (χ1n) is 33.3. The molecule has 2 aromatic carbocycles. The number of amides is 14. The van der Waals surface area contributed by atoms with Gasteiger partial charge in [0.25, 0.3) is 0 Å². The number of benzene rings is 2. The molecule has 0 bridgehead atoms. The summed E-state index contributed by atoms with van der Waals surface area (Å²) in [6, 6.07) is -10.0.